The van der Waals surface area contributed by atoms with Crippen LogP contribution in [-0.2, 0) is 0 Å². The van der Waals surface area contributed by atoms with Gasteiger partial charge in [0.05, 0.1) is 4.47 Å². The third kappa shape index (κ3) is 3.69. The quantitative estimate of drug-likeness (QED) is 0.828. The summed E-state index contributed by atoms with van der Waals surface area (Å²) in [4.78, 5) is 2.31. The predicted molar refractivity (Wildman–Crippen MR) is 82.3 cm³/mol. The molecule has 0 aliphatic carbocycles. The van der Waals surface area contributed by atoms with Gasteiger partial charge in [-0.05, 0) is 72.4 Å². The molecule has 1 N–H and O–H groups in total. The summed E-state index contributed by atoms with van der Waals surface area (Å²) in [5.74, 6) is 0.505. The topological polar surface area (TPSA) is 15.3 Å². The Labute approximate surface area is 123 Å². The van der Waals surface area contributed by atoms with Crippen LogP contribution < -0.4 is 10.2 Å². The number of nitrogens with one attached hydrogen (secondary N) is 1. The monoisotopic (exact) mass is 328 g/mol. The molecule has 106 valence electrons. The highest BCUT2D eigenvalue weighted by Gasteiger charge is 2.23. The van der Waals surface area contributed by atoms with Crippen LogP contribution in [0, 0.1) is 18.7 Å². The maximum absolute atomic E-state index is 13.7. The average molecular weight is 329 g/mol. The molecule has 0 amide bonds. The first-order chi connectivity index (χ1) is 9.11. The molecule has 4 heteroatoms. The summed E-state index contributed by atoms with van der Waals surface area (Å²) >= 11 is 3.24. The molecule has 2 nitrogen and oxygen atoms in total. The van der Waals surface area contributed by atoms with Gasteiger partial charge in [0.25, 0.3) is 0 Å². The second-order valence-corrected chi connectivity index (χ2v) is 6.21. The van der Waals surface area contributed by atoms with Crippen LogP contribution >= 0.6 is 15.9 Å². The third-order valence-electron chi connectivity index (χ3n) is 3.73. The van der Waals surface area contributed by atoms with Crippen molar-refractivity contribution in [2.45, 2.75) is 26.7 Å². The fourth-order valence-electron chi connectivity index (χ4n) is 2.68. The van der Waals surface area contributed by atoms with Crippen molar-refractivity contribution >= 4 is 21.6 Å². The first-order valence-corrected chi connectivity index (χ1v) is 7.82. The third-order valence-corrected chi connectivity index (χ3v) is 4.33. The van der Waals surface area contributed by atoms with Crippen LogP contribution in [0.1, 0.15) is 25.3 Å². The molecule has 1 aliphatic heterocycles. The Kier molecular flexibility index (Phi) is 5.22. The molecule has 2 rings (SSSR count). The lowest BCUT2D eigenvalue weighted by molar-refractivity contribution is 0.516. The zero-order valence-corrected chi connectivity index (χ0v) is 13.3. The summed E-state index contributed by atoms with van der Waals surface area (Å²) in [6, 6.07) is 3.52. The highest BCUT2D eigenvalue weighted by molar-refractivity contribution is 9.10. The van der Waals surface area contributed by atoms with Crippen LogP contribution in [-0.4, -0.2) is 26.2 Å². The van der Waals surface area contributed by atoms with Crippen LogP contribution in [0.15, 0.2) is 16.6 Å². The van der Waals surface area contributed by atoms with Crippen LogP contribution in [0.2, 0.25) is 0 Å². The van der Waals surface area contributed by atoms with E-state index in [9.17, 15) is 4.39 Å². The van der Waals surface area contributed by atoms with Crippen molar-refractivity contribution in [1.29, 1.82) is 0 Å². The number of hydrogen-bond donors (Lipinski definition) is 1. The van der Waals surface area contributed by atoms with Gasteiger partial charge in [-0.2, -0.15) is 0 Å². The summed E-state index contributed by atoms with van der Waals surface area (Å²) in [6.07, 6.45) is 2.36. The van der Waals surface area contributed by atoms with E-state index in [1.54, 1.807) is 6.07 Å². The van der Waals surface area contributed by atoms with Crippen LogP contribution in [0.3, 0.4) is 0 Å². The molecule has 0 radical (unpaired) electrons. The van der Waals surface area contributed by atoms with Gasteiger partial charge >= 0.3 is 0 Å². The zero-order chi connectivity index (χ0) is 13.8. The number of aryl methyl sites for hydroxylation is 1. The number of anilines is 1. The smallest absolute Gasteiger partial charge is 0.139 e. The molecule has 1 unspecified atom stereocenters. The summed E-state index contributed by atoms with van der Waals surface area (Å²) in [7, 11) is 0. The minimum absolute atomic E-state index is 0.173. The standard InChI is InChI=1S/C15H22BrFN2/c1-3-5-18-9-12-4-6-19(10-12)15-8-14(17)13(16)7-11(15)2/h7-8,12,18H,3-6,9-10H2,1-2H3. The Bertz CT molecular complexity index is 436. The Morgan fingerprint density at radius 2 is 2.26 bits per heavy atom. The first-order valence-electron chi connectivity index (χ1n) is 7.03. The molecule has 1 atom stereocenters. The Hall–Kier alpha value is -0.610. The maximum Gasteiger partial charge on any atom is 0.139 e. The van der Waals surface area contributed by atoms with E-state index in [1.807, 2.05) is 13.0 Å². The van der Waals surface area contributed by atoms with Crippen LogP contribution in [0.25, 0.3) is 0 Å². The van der Waals surface area contributed by atoms with Gasteiger partial charge in [0, 0.05) is 18.8 Å². The van der Waals surface area contributed by atoms with Gasteiger partial charge in [-0.1, -0.05) is 6.92 Å². The van der Waals surface area contributed by atoms with Crippen molar-refractivity contribution in [2.24, 2.45) is 5.92 Å². The van der Waals surface area contributed by atoms with Gasteiger partial charge in [-0.25, -0.2) is 4.39 Å². The predicted octanol–water partition coefficient (Wildman–Crippen LogP) is 3.72. The van der Waals surface area contributed by atoms with Gasteiger partial charge in [-0.3, -0.25) is 0 Å². The molecule has 1 aliphatic rings. The molecule has 0 aromatic heterocycles. The second-order valence-electron chi connectivity index (χ2n) is 5.36. The lowest BCUT2D eigenvalue weighted by atomic mass is 10.1. The molecule has 1 heterocycles. The van der Waals surface area contributed by atoms with E-state index in [1.165, 1.54) is 12.8 Å². The number of rotatable bonds is 5. The molecule has 1 saturated heterocycles. The lowest BCUT2D eigenvalue weighted by Crippen LogP contribution is -2.27. The molecule has 1 aromatic carbocycles. The van der Waals surface area contributed by atoms with E-state index in [0.29, 0.717) is 10.4 Å². The fraction of sp³-hybridized carbons (Fsp3) is 0.600. The van der Waals surface area contributed by atoms with Gasteiger partial charge < -0.3 is 10.2 Å². The fourth-order valence-corrected chi connectivity index (χ4v) is 3.14. The molecule has 19 heavy (non-hydrogen) atoms. The zero-order valence-electron chi connectivity index (χ0n) is 11.7. The number of hydrogen-bond acceptors (Lipinski definition) is 2. The van der Waals surface area contributed by atoms with Gasteiger partial charge in [0.2, 0.25) is 0 Å². The van der Waals surface area contributed by atoms with Crippen molar-refractivity contribution in [2.75, 3.05) is 31.1 Å². The van der Waals surface area contributed by atoms with Gasteiger partial charge in [0.15, 0.2) is 0 Å². The summed E-state index contributed by atoms with van der Waals surface area (Å²) in [5, 5.41) is 3.48. The molecule has 1 aromatic rings. The lowest BCUT2D eigenvalue weighted by Gasteiger charge is -2.21. The summed E-state index contributed by atoms with van der Waals surface area (Å²) < 4.78 is 14.2. The van der Waals surface area contributed by atoms with Crippen molar-refractivity contribution in [1.82, 2.24) is 5.32 Å². The number of nitrogens with zero attached hydrogens (tertiary/aromatic N) is 1. The summed E-state index contributed by atoms with van der Waals surface area (Å²) in [5.41, 5.74) is 2.18. The molecular formula is C15H22BrFN2. The normalized spacial score (nSPS) is 19.2. The van der Waals surface area contributed by atoms with E-state index in [0.717, 1.165) is 37.4 Å². The molecule has 1 fully saturated rings. The second kappa shape index (κ2) is 6.71. The molecular weight excluding hydrogens is 307 g/mol. The van der Waals surface area contributed by atoms with Crippen LogP contribution in [0.4, 0.5) is 10.1 Å². The Morgan fingerprint density at radius 1 is 1.47 bits per heavy atom. The number of halogens is 2. The van der Waals surface area contributed by atoms with Crippen molar-refractivity contribution in [3.8, 4) is 0 Å². The highest BCUT2D eigenvalue weighted by Crippen LogP contribution is 2.30. The molecule has 0 spiro atoms. The first kappa shape index (κ1) is 14.8. The van der Waals surface area contributed by atoms with E-state index in [2.05, 4.69) is 33.1 Å². The maximum atomic E-state index is 13.7. The van der Waals surface area contributed by atoms with E-state index in [4.69, 9.17) is 0 Å². The Morgan fingerprint density at radius 3 is 3.00 bits per heavy atom. The van der Waals surface area contributed by atoms with E-state index in [-0.39, 0.29) is 5.82 Å². The average Bonchev–Trinajstić information content (AvgIpc) is 2.83. The highest BCUT2D eigenvalue weighted by atomic mass is 79.9. The van der Waals surface area contributed by atoms with E-state index >= 15 is 0 Å². The van der Waals surface area contributed by atoms with Crippen molar-refractivity contribution in [3.63, 3.8) is 0 Å². The largest absolute Gasteiger partial charge is 0.371 e. The van der Waals surface area contributed by atoms with E-state index < -0.39 is 0 Å². The van der Waals surface area contributed by atoms with Crippen LogP contribution in [0.5, 0.6) is 0 Å². The SMILES string of the molecule is CCCNCC1CCN(c2cc(F)c(Br)cc2C)C1. The Balaban J connectivity index is 1.99. The minimum atomic E-state index is -0.173. The van der Waals surface area contributed by atoms with Gasteiger partial charge in [0.1, 0.15) is 5.82 Å². The number of benzene rings is 1. The van der Waals surface area contributed by atoms with Gasteiger partial charge in [-0.15, -0.1) is 0 Å². The minimum Gasteiger partial charge on any atom is -0.371 e. The van der Waals surface area contributed by atoms with Crippen molar-refractivity contribution < 1.29 is 4.39 Å². The molecule has 0 saturated carbocycles. The molecule has 0 bridgehead atoms. The van der Waals surface area contributed by atoms with Crippen molar-refractivity contribution in [3.05, 3.63) is 28.0 Å². The summed E-state index contributed by atoms with van der Waals surface area (Å²) in [6.45, 7) is 8.44.